The highest BCUT2D eigenvalue weighted by molar-refractivity contribution is 6.19. The smallest absolute Gasteiger partial charge is 0.264 e. The van der Waals surface area contributed by atoms with Crippen molar-refractivity contribution in [2.24, 2.45) is 4.99 Å². The van der Waals surface area contributed by atoms with E-state index in [0.717, 1.165) is 11.1 Å². The number of amides is 1. The number of para-hydroxylation sites is 1. The van der Waals surface area contributed by atoms with Crippen molar-refractivity contribution in [2.75, 3.05) is 12.4 Å². The number of benzodiazepines with no additional fused rings is 1. The third-order valence-electron chi connectivity index (χ3n) is 4.61. The molecule has 0 spiro atoms. The molecule has 31 heavy (non-hydrogen) atoms. The molecule has 1 aliphatic heterocycles. The summed E-state index contributed by atoms with van der Waals surface area (Å²) >= 11 is 0. The van der Waals surface area contributed by atoms with Crippen molar-refractivity contribution in [1.29, 1.82) is 5.41 Å². The van der Waals surface area contributed by atoms with Crippen LogP contribution in [-0.2, 0) is 9.53 Å². The number of ether oxygens (including phenoxy) is 1. The van der Waals surface area contributed by atoms with E-state index in [1.807, 2.05) is 54.6 Å². The first-order valence-corrected chi connectivity index (χ1v) is 9.66. The lowest BCUT2D eigenvalue weighted by Gasteiger charge is -2.22. The zero-order valence-electron chi connectivity index (χ0n) is 16.7. The van der Waals surface area contributed by atoms with Gasteiger partial charge in [0.2, 0.25) is 12.2 Å². The minimum atomic E-state index is -0.963. The Morgan fingerprint density at radius 1 is 1.10 bits per heavy atom. The first kappa shape index (κ1) is 20.3. The van der Waals surface area contributed by atoms with Gasteiger partial charge >= 0.3 is 0 Å². The number of benzene rings is 2. The van der Waals surface area contributed by atoms with Crippen LogP contribution in [0.3, 0.4) is 0 Å². The van der Waals surface area contributed by atoms with Crippen LogP contribution in [0.4, 0.5) is 5.69 Å². The Labute approximate surface area is 179 Å². The summed E-state index contributed by atoms with van der Waals surface area (Å²) in [7, 11) is 1.65. The van der Waals surface area contributed by atoms with Crippen LogP contribution in [-0.4, -0.2) is 47.3 Å². The molecule has 0 fully saturated rings. The highest BCUT2D eigenvalue weighted by atomic mass is 16.5. The molecule has 9 heteroatoms. The minimum absolute atomic E-state index is 0.190. The van der Waals surface area contributed by atoms with Gasteiger partial charge in [-0.1, -0.05) is 48.5 Å². The number of fused-ring (bicyclic) bond motifs is 1. The van der Waals surface area contributed by atoms with E-state index in [0.29, 0.717) is 11.4 Å². The molecule has 0 radical (unpaired) electrons. The van der Waals surface area contributed by atoms with Gasteiger partial charge in [-0.25, -0.2) is 5.32 Å². The Balaban J connectivity index is 1.62. The summed E-state index contributed by atoms with van der Waals surface area (Å²) in [5.41, 5.74) is 3.32. The fourth-order valence-corrected chi connectivity index (χ4v) is 3.12. The number of aliphatic imine (C=N–C) groups is 1. The summed E-state index contributed by atoms with van der Waals surface area (Å²) in [6.45, 7) is 0. The molecule has 3 aromatic rings. The van der Waals surface area contributed by atoms with Crippen molar-refractivity contribution < 1.29 is 9.53 Å². The van der Waals surface area contributed by atoms with E-state index >= 15 is 0 Å². The molecule has 2 atom stereocenters. The minimum Gasteiger partial charge on any atom is -0.444 e. The van der Waals surface area contributed by atoms with Gasteiger partial charge in [-0.15, -0.1) is 5.10 Å². The highest BCUT2D eigenvalue weighted by Gasteiger charge is 2.28. The predicted molar refractivity (Wildman–Crippen MR) is 117 cm³/mol. The van der Waals surface area contributed by atoms with E-state index in [1.54, 1.807) is 19.2 Å². The van der Waals surface area contributed by atoms with E-state index in [-0.39, 0.29) is 17.5 Å². The monoisotopic (exact) mass is 415 g/mol. The van der Waals surface area contributed by atoms with Crippen LogP contribution in [0.1, 0.15) is 16.8 Å². The molecule has 1 amide bonds. The van der Waals surface area contributed by atoms with Gasteiger partial charge in [0.25, 0.3) is 5.91 Å². The van der Waals surface area contributed by atoms with Crippen LogP contribution in [0.5, 0.6) is 0 Å². The molecule has 4 rings (SSSR count). The zero-order chi connectivity index (χ0) is 21.6. The highest BCUT2D eigenvalue weighted by Crippen LogP contribution is 2.23. The van der Waals surface area contributed by atoms with Crippen LogP contribution in [0.25, 0.3) is 0 Å². The Bertz CT molecular complexity index is 1100. The molecule has 1 aliphatic rings. The summed E-state index contributed by atoms with van der Waals surface area (Å²) in [5, 5.41) is 24.5. The first-order valence-electron chi connectivity index (χ1n) is 9.66. The lowest BCUT2D eigenvalue weighted by molar-refractivity contribution is -0.118. The number of carbonyl (C=O) groups excluding carboxylic acids is 1. The van der Waals surface area contributed by atoms with Gasteiger partial charge in [0.15, 0.2) is 6.17 Å². The van der Waals surface area contributed by atoms with Crippen molar-refractivity contribution in [3.8, 4) is 0 Å². The second kappa shape index (κ2) is 9.24. The van der Waals surface area contributed by atoms with E-state index < -0.39 is 12.5 Å². The molecule has 2 heterocycles. The fourth-order valence-electron chi connectivity index (χ4n) is 3.12. The summed E-state index contributed by atoms with van der Waals surface area (Å²) in [6, 6.07) is 20.4. The molecular formula is C22H21N7O2. The zero-order valence-corrected chi connectivity index (χ0v) is 16.7. The average molecular weight is 415 g/mol. The van der Waals surface area contributed by atoms with Crippen LogP contribution in [0.15, 0.2) is 77.9 Å². The standard InChI is InChI=1S/C22H21N7O2/c1-24-22(31-19(23)17-12-7-13-25-29-17)28-20-21(30)26-16-11-6-5-10-15(16)18(27-20)14-8-3-2-4-9-14/h2-13,20,22-24,28H,1H3,(H,26,30). The number of hydrogen-bond acceptors (Lipinski definition) is 8. The van der Waals surface area contributed by atoms with Gasteiger partial charge in [-0.3, -0.25) is 20.5 Å². The van der Waals surface area contributed by atoms with Gasteiger partial charge in [-0.05, 0) is 25.2 Å². The molecule has 1 aromatic heterocycles. The molecule has 156 valence electrons. The van der Waals surface area contributed by atoms with E-state index in [2.05, 4.69) is 26.1 Å². The molecule has 2 unspecified atom stereocenters. The topological polar surface area (TPSA) is 124 Å². The van der Waals surface area contributed by atoms with E-state index in [4.69, 9.17) is 15.1 Å². The Morgan fingerprint density at radius 2 is 1.87 bits per heavy atom. The maximum atomic E-state index is 12.9. The summed E-state index contributed by atoms with van der Waals surface area (Å²) in [5.74, 6) is -0.530. The van der Waals surface area contributed by atoms with Crippen LogP contribution >= 0.6 is 0 Å². The predicted octanol–water partition coefficient (Wildman–Crippen LogP) is 1.73. The van der Waals surface area contributed by atoms with Crippen molar-refractivity contribution in [1.82, 2.24) is 20.8 Å². The number of nitrogens with zero attached hydrogens (tertiary/aromatic N) is 3. The van der Waals surface area contributed by atoms with Gasteiger partial charge in [0, 0.05) is 17.3 Å². The lowest BCUT2D eigenvalue weighted by atomic mass is 10.0. The molecule has 0 saturated carbocycles. The Kier molecular flexibility index (Phi) is 6.06. The largest absolute Gasteiger partial charge is 0.444 e. The normalized spacial score (nSPS) is 16.4. The molecule has 4 N–H and O–H groups in total. The average Bonchev–Trinajstić information content (AvgIpc) is 2.96. The second-order valence-electron chi connectivity index (χ2n) is 6.67. The van der Waals surface area contributed by atoms with Gasteiger partial charge in [0.05, 0.1) is 11.4 Å². The van der Waals surface area contributed by atoms with Crippen molar-refractivity contribution in [3.63, 3.8) is 0 Å². The van der Waals surface area contributed by atoms with Crippen molar-refractivity contribution in [2.45, 2.75) is 12.5 Å². The first-order chi connectivity index (χ1) is 15.2. The second-order valence-corrected chi connectivity index (χ2v) is 6.67. The molecule has 2 aromatic carbocycles. The Morgan fingerprint density at radius 3 is 2.61 bits per heavy atom. The van der Waals surface area contributed by atoms with E-state index in [1.165, 1.54) is 6.20 Å². The van der Waals surface area contributed by atoms with Crippen LogP contribution in [0.2, 0.25) is 0 Å². The number of nitrogens with one attached hydrogen (secondary N) is 4. The van der Waals surface area contributed by atoms with Gasteiger partial charge in [0.1, 0.15) is 5.69 Å². The molecule has 0 bridgehead atoms. The van der Waals surface area contributed by atoms with Gasteiger partial charge < -0.3 is 10.1 Å². The van der Waals surface area contributed by atoms with Crippen molar-refractivity contribution >= 4 is 23.2 Å². The maximum Gasteiger partial charge on any atom is 0.264 e. The lowest BCUT2D eigenvalue weighted by Crippen LogP contribution is -2.52. The summed E-state index contributed by atoms with van der Waals surface area (Å²) in [4.78, 5) is 17.6. The van der Waals surface area contributed by atoms with Crippen LogP contribution in [0, 0.1) is 5.41 Å². The fraction of sp³-hybridized carbons (Fsp3) is 0.136. The molecule has 0 saturated heterocycles. The number of rotatable bonds is 6. The Hall–Kier alpha value is -3.95. The molecule has 0 aliphatic carbocycles. The number of aromatic nitrogens is 2. The molecule has 9 nitrogen and oxygen atoms in total. The number of anilines is 1. The van der Waals surface area contributed by atoms with Crippen molar-refractivity contribution in [3.05, 3.63) is 89.7 Å². The third kappa shape index (κ3) is 4.63. The SMILES string of the molecule is CNC(NC1N=C(c2ccccc2)c2ccccc2NC1=O)OC(=N)c1cccnn1. The summed E-state index contributed by atoms with van der Waals surface area (Å²) < 4.78 is 5.60. The van der Waals surface area contributed by atoms with Gasteiger partial charge in [-0.2, -0.15) is 5.10 Å². The molecular weight excluding hydrogens is 394 g/mol. The number of hydrogen-bond donors (Lipinski definition) is 4. The quantitative estimate of drug-likeness (QED) is 0.276. The maximum absolute atomic E-state index is 12.9. The summed E-state index contributed by atoms with van der Waals surface area (Å²) in [6.07, 6.45) is -0.320. The third-order valence-corrected chi connectivity index (χ3v) is 4.61. The van der Waals surface area contributed by atoms with Crippen LogP contribution < -0.4 is 16.0 Å². The van der Waals surface area contributed by atoms with E-state index in [9.17, 15) is 4.79 Å². The number of carbonyl (C=O) groups is 1.